The number of carbonyl (C=O) groups excluding carboxylic acids is 1. The SMILES string of the molecule is C[N+](C)(C)C[C@@H](CC(=O)O)OC(=O)CCCCCCCCCCCCCCCCCCCC(=O)O. The fourth-order valence-electron chi connectivity index (χ4n) is 4.39. The lowest BCUT2D eigenvalue weighted by Crippen LogP contribution is -2.43. The van der Waals surface area contributed by atoms with Crippen LogP contribution in [0.4, 0.5) is 0 Å². The lowest BCUT2D eigenvalue weighted by atomic mass is 10.0. The van der Waals surface area contributed by atoms with Gasteiger partial charge >= 0.3 is 17.9 Å². The molecule has 0 aromatic heterocycles. The minimum atomic E-state index is -0.936. The van der Waals surface area contributed by atoms with Gasteiger partial charge in [-0.05, 0) is 12.8 Å². The van der Waals surface area contributed by atoms with Crippen molar-refractivity contribution < 1.29 is 33.8 Å². The Morgan fingerprint density at radius 3 is 1.23 bits per heavy atom. The summed E-state index contributed by atoms with van der Waals surface area (Å²) >= 11 is 0. The highest BCUT2D eigenvalue weighted by molar-refractivity contribution is 5.71. The molecule has 0 unspecified atom stereocenters. The Hall–Kier alpha value is -1.63. The lowest BCUT2D eigenvalue weighted by molar-refractivity contribution is -0.873. The van der Waals surface area contributed by atoms with E-state index in [0.717, 1.165) is 32.1 Å². The largest absolute Gasteiger partial charge is 0.481 e. The van der Waals surface area contributed by atoms with Crippen LogP contribution in [0.2, 0.25) is 0 Å². The van der Waals surface area contributed by atoms with Crippen LogP contribution in [0.25, 0.3) is 0 Å². The smallest absolute Gasteiger partial charge is 0.307 e. The van der Waals surface area contributed by atoms with Gasteiger partial charge in [-0.2, -0.15) is 0 Å². The van der Waals surface area contributed by atoms with Crippen molar-refractivity contribution in [2.24, 2.45) is 0 Å². The maximum Gasteiger partial charge on any atom is 0.307 e. The second-order valence-electron chi connectivity index (χ2n) is 11.1. The summed E-state index contributed by atoms with van der Waals surface area (Å²) in [7, 11) is 5.88. The van der Waals surface area contributed by atoms with E-state index in [4.69, 9.17) is 14.9 Å². The first-order valence-corrected chi connectivity index (χ1v) is 14.0. The highest BCUT2D eigenvalue weighted by Gasteiger charge is 2.24. The molecular weight excluding hydrogens is 446 g/mol. The number of carbonyl (C=O) groups is 3. The number of likely N-dealkylation sites (N-methyl/N-ethyl adjacent to an activating group) is 1. The Bertz CT molecular complexity index is 558. The lowest BCUT2D eigenvalue weighted by Gasteiger charge is -2.28. The number of unbranched alkanes of at least 4 members (excludes halogenated alkanes) is 16. The first-order chi connectivity index (χ1) is 16.6. The molecule has 35 heavy (non-hydrogen) atoms. The zero-order chi connectivity index (χ0) is 26.4. The van der Waals surface area contributed by atoms with Gasteiger partial charge in [-0.1, -0.05) is 96.3 Å². The van der Waals surface area contributed by atoms with Crippen molar-refractivity contribution in [3.8, 4) is 0 Å². The van der Waals surface area contributed by atoms with E-state index in [1.165, 1.54) is 77.0 Å². The van der Waals surface area contributed by atoms with Gasteiger partial charge in [-0.25, -0.2) is 0 Å². The van der Waals surface area contributed by atoms with Gasteiger partial charge in [0, 0.05) is 12.8 Å². The van der Waals surface area contributed by atoms with Crippen molar-refractivity contribution in [2.75, 3.05) is 27.7 Å². The van der Waals surface area contributed by atoms with Crippen molar-refractivity contribution in [2.45, 2.75) is 135 Å². The van der Waals surface area contributed by atoms with E-state index in [0.29, 0.717) is 23.9 Å². The quantitative estimate of drug-likeness (QED) is 0.0834. The number of nitrogens with zero attached hydrogens (tertiary/aromatic N) is 1. The molecule has 0 aliphatic rings. The standard InChI is InChI=1S/C28H53NO6/c1-29(2,3)24-25(23-27(32)33)35-28(34)22-20-18-16-14-12-10-8-6-4-5-7-9-11-13-15-17-19-21-26(30)31/h25H,4-24H2,1-3H3,(H-,30,31,32,33)/p+1/t25-/m1/s1. The highest BCUT2D eigenvalue weighted by Crippen LogP contribution is 2.15. The molecule has 0 saturated heterocycles. The minimum absolute atomic E-state index is 0.140. The molecule has 0 radical (unpaired) electrons. The van der Waals surface area contributed by atoms with Gasteiger partial charge in [0.1, 0.15) is 6.54 Å². The predicted molar refractivity (Wildman–Crippen MR) is 140 cm³/mol. The molecule has 7 nitrogen and oxygen atoms in total. The number of carboxylic acid groups (broad SMARTS) is 2. The molecule has 1 atom stereocenters. The average molecular weight is 501 g/mol. The molecule has 0 aliphatic heterocycles. The van der Waals surface area contributed by atoms with Crippen molar-refractivity contribution in [1.82, 2.24) is 0 Å². The molecule has 7 heteroatoms. The summed E-state index contributed by atoms with van der Waals surface area (Å²) in [4.78, 5) is 33.5. The highest BCUT2D eigenvalue weighted by atomic mass is 16.5. The Labute approximate surface area is 214 Å². The van der Waals surface area contributed by atoms with Gasteiger partial charge < -0.3 is 19.4 Å². The number of hydrogen-bond acceptors (Lipinski definition) is 4. The summed E-state index contributed by atoms with van der Waals surface area (Å²) in [5, 5.41) is 17.6. The topological polar surface area (TPSA) is 101 Å². The van der Waals surface area contributed by atoms with Crippen LogP contribution in [-0.4, -0.2) is 66.4 Å². The maximum absolute atomic E-state index is 12.1. The Morgan fingerprint density at radius 2 is 0.914 bits per heavy atom. The molecule has 0 aromatic rings. The van der Waals surface area contributed by atoms with Crippen LogP contribution in [-0.2, 0) is 19.1 Å². The number of rotatable bonds is 25. The van der Waals surface area contributed by atoms with Gasteiger partial charge in [0.15, 0.2) is 6.10 Å². The molecule has 0 bridgehead atoms. The number of ether oxygens (including phenoxy) is 1. The van der Waals surface area contributed by atoms with E-state index in [9.17, 15) is 14.4 Å². The van der Waals surface area contributed by atoms with Crippen LogP contribution in [0.1, 0.15) is 128 Å². The molecule has 0 saturated carbocycles. The third-order valence-electron chi connectivity index (χ3n) is 6.22. The summed E-state index contributed by atoms with van der Waals surface area (Å²) in [5.41, 5.74) is 0. The second-order valence-corrected chi connectivity index (χ2v) is 11.1. The van der Waals surface area contributed by atoms with Crippen LogP contribution in [0.3, 0.4) is 0 Å². The normalized spacial score (nSPS) is 12.4. The zero-order valence-corrected chi connectivity index (χ0v) is 22.9. The number of carboxylic acids is 2. The Balaban J connectivity index is 3.45. The molecule has 0 amide bonds. The first-order valence-electron chi connectivity index (χ1n) is 14.0. The van der Waals surface area contributed by atoms with E-state index in [-0.39, 0.29) is 12.4 Å². The summed E-state index contributed by atoms with van der Waals surface area (Å²) in [6.07, 6.45) is 20.2. The second kappa shape index (κ2) is 21.6. The molecule has 0 rings (SSSR count). The van der Waals surface area contributed by atoms with Crippen molar-refractivity contribution >= 4 is 17.9 Å². The molecule has 0 heterocycles. The summed E-state index contributed by atoms with van der Waals surface area (Å²) < 4.78 is 5.98. The fourth-order valence-corrected chi connectivity index (χ4v) is 4.39. The van der Waals surface area contributed by atoms with Crippen molar-refractivity contribution in [1.29, 1.82) is 0 Å². The predicted octanol–water partition coefficient (Wildman–Crippen LogP) is 6.58. The van der Waals surface area contributed by atoms with Crippen LogP contribution < -0.4 is 0 Å². The van der Waals surface area contributed by atoms with Crippen LogP contribution in [0.5, 0.6) is 0 Å². The van der Waals surface area contributed by atoms with E-state index < -0.39 is 18.0 Å². The summed E-state index contributed by atoms with van der Waals surface area (Å²) in [6, 6.07) is 0. The van der Waals surface area contributed by atoms with E-state index in [2.05, 4.69) is 0 Å². The molecule has 0 spiro atoms. The molecule has 2 N–H and O–H groups in total. The van der Waals surface area contributed by atoms with E-state index >= 15 is 0 Å². The Morgan fingerprint density at radius 1 is 0.571 bits per heavy atom. The average Bonchev–Trinajstić information content (AvgIpc) is 2.73. The molecule has 206 valence electrons. The maximum atomic E-state index is 12.1. The zero-order valence-electron chi connectivity index (χ0n) is 22.9. The fraction of sp³-hybridized carbons (Fsp3) is 0.893. The van der Waals surface area contributed by atoms with Gasteiger partial charge in [-0.3, -0.25) is 14.4 Å². The first kappa shape index (κ1) is 33.4. The molecular formula is C28H54NO6+. The van der Waals surface area contributed by atoms with Gasteiger partial charge in [0.25, 0.3) is 0 Å². The van der Waals surface area contributed by atoms with Gasteiger partial charge in [0.05, 0.1) is 27.6 Å². The van der Waals surface area contributed by atoms with Crippen LogP contribution in [0, 0.1) is 0 Å². The van der Waals surface area contributed by atoms with Crippen LogP contribution in [0.15, 0.2) is 0 Å². The van der Waals surface area contributed by atoms with Gasteiger partial charge in [0.2, 0.25) is 0 Å². The Kier molecular flexibility index (Phi) is 20.6. The van der Waals surface area contributed by atoms with Gasteiger partial charge in [-0.15, -0.1) is 0 Å². The third-order valence-corrected chi connectivity index (χ3v) is 6.22. The summed E-state index contributed by atoms with van der Waals surface area (Å²) in [5.74, 6) is -1.89. The monoisotopic (exact) mass is 500 g/mol. The molecule has 0 aliphatic carbocycles. The van der Waals surface area contributed by atoms with E-state index in [1.54, 1.807) is 0 Å². The summed E-state index contributed by atoms with van der Waals surface area (Å²) in [6.45, 7) is 0.496. The molecule has 0 aromatic carbocycles. The number of quaternary nitrogens is 1. The number of esters is 1. The van der Waals surface area contributed by atoms with Crippen molar-refractivity contribution in [3.05, 3.63) is 0 Å². The third kappa shape index (κ3) is 26.8. The van der Waals surface area contributed by atoms with Crippen LogP contribution >= 0.6 is 0 Å². The number of hydrogen-bond donors (Lipinski definition) is 2. The van der Waals surface area contributed by atoms with E-state index in [1.807, 2.05) is 21.1 Å². The minimum Gasteiger partial charge on any atom is -0.481 e. The number of aliphatic carboxylic acids is 2. The van der Waals surface area contributed by atoms with Crippen molar-refractivity contribution in [3.63, 3.8) is 0 Å². The molecule has 0 fully saturated rings.